The molecule has 0 bridgehead atoms. The van der Waals surface area contributed by atoms with E-state index in [1.165, 1.54) is 16.8 Å². The van der Waals surface area contributed by atoms with Crippen LogP contribution in [0.3, 0.4) is 0 Å². The Morgan fingerprint density at radius 2 is 1.88 bits per heavy atom. The van der Waals surface area contributed by atoms with Crippen LogP contribution in [0.5, 0.6) is 11.5 Å². The van der Waals surface area contributed by atoms with Gasteiger partial charge in [-0.25, -0.2) is 0 Å². The average Bonchev–Trinajstić information content (AvgIpc) is 2.94. The first-order valence-electron chi connectivity index (χ1n) is 7.71. The lowest BCUT2D eigenvalue weighted by atomic mass is 10.1. The summed E-state index contributed by atoms with van der Waals surface area (Å²) in [6.45, 7) is 0. The fourth-order valence-electron chi connectivity index (χ4n) is 2.30. The predicted octanol–water partition coefficient (Wildman–Crippen LogP) is 3.94. The number of amides is 1. The summed E-state index contributed by atoms with van der Waals surface area (Å²) < 4.78 is 11.0. The van der Waals surface area contributed by atoms with Crippen molar-refractivity contribution < 1.29 is 14.3 Å². The van der Waals surface area contributed by atoms with E-state index < -0.39 is 0 Å². The molecule has 1 fully saturated rings. The van der Waals surface area contributed by atoms with Gasteiger partial charge in [0, 0.05) is 11.6 Å². The van der Waals surface area contributed by atoms with Crippen molar-refractivity contribution in [2.75, 3.05) is 14.2 Å². The first kappa shape index (κ1) is 18.2. The van der Waals surface area contributed by atoms with Crippen molar-refractivity contribution in [3.63, 3.8) is 0 Å². The Bertz CT molecular complexity index is 895. The molecule has 26 heavy (non-hydrogen) atoms. The Kier molecular flexibility index (Phi) is 5.70. The van der Waals surface area contributed by atoms with Crippen molar-refractivity contribution in [1.29, 1.82) is 0 Å². The molecule has 0 N–H and O–H groups in total. The minimum Gasteiger partial charge on any atom is -0.497 e. The second-order valence-electron chi connectivity index (χ2n) is 5.26. The van der Waals surface area contributed by atoms with Gasteiger partial charge in [-0.15, -0.1) is 0 Å². The van der Waals surface area contributed by atoms with Crippen LogP contribution in [0, 0.1) is 0 Å². The molecule has 132 valence electrons. The van der Waals surface area contributed by atoms with Crippen LogP contribution >= 0.6 is 24.0 Å². The van der Waals surface area contributed by atoms with Crippen molar-refractivity contribution in [2.24, 2.45) is 5.10 Å². The Labute approximate surface area is 161 Å². The minimum absolute atomic E-state index is 0.259. The molecule has 0 aromatic heterocycles. The summed E-state index contributed by atoms with van der Waals surface area (Å²) in [7, 11) is 3.16. The summed E-state index contributed by atoms with van der Waals surface area (Å²) in [5.74, 6) is 1.03. The number of thiocarbonyl (C=S) groups is 1. The quantitative estimate of drug-likeness (QED) is 0.444. The van der Waals surface area contributed by atoms with Gasteiger partial charge in [0.25, 0.3) is 5.91 Å². The number of hydrogen-bond donors (Lipinski definition) is 0. The molecule has 7 heteroatoms. The van der Waals surface area contributed by atoms with Crippen molar-refractivity contribution in [1.82, 2.24) is 5.01 Å². The maximum Gasteiger partial charge on any atom is 0.286 e. The first-order valence-corrected chi connectivity index (χ1v) is 8.94. The number of thioether (sulfide) groups is 1. The summed E-state index contributed by atoms with van der Waals surface area (Å²) in [5.41, 5.74) is 1.66. The number of benzene rings is 2. The number of nitrogens with zero attached hydrogens (tertiary/aromatic N) is 2. The first-order chi connectivity index (χ1) is 12.6. The number of rotatable bonds is 5. The Balaban J connectivity index is 1.84. The number of carbonyl (C=O) groups excluding carboxylic acids is 1. The second-order valence-corrected chi connectivity index (χ2v) is 6.93. The van der Waals surface area contributed by atoms with E-state index in [1.807, 2.05) is 42.5 Å². The molecule has 1 saturated heterocycles. The summed E-state index contributed by atoms with van der Waals surface area (Å²) in [5, 5.41) is 5.45. The molecule has 5 nitrogen and oxygen atoms in total. The standard InChI is InChI=1S/C19H16N2O3S2/c1-23-15-9-8-14(16(11-15)24-2)10-17-18(22)21(19(25)26-17)20-12-13-6-4-3-5-7-13/h3-12H,1-2H3/b17-10+,20-12+. The van der Waals surface area contributed by atoms with Gasteiger partial charge in [0.1, 0.15) is 11.5 Å². The third-order valence-electron chi connectivity index (χ3n) is 3.62. The third kappa shape index (κ3) is 3.95. The van der Waals surface area contributed by atoms with Gasteiger partial charge in [-0.1, -0.05) is 42.1 Å². The van der Waals surface area contributed by atoms with Crippen LogP contribution in [0.15, 0.2) is 58.5 Å². The van der Waals surface area contributed by atoms with Crippen LogP contribution in [0.25, 0.3) is 6.08 Å². The Morgan fingerprint density at radius 1 is 1.12 bits per heavy atom. The Morgan fingerprint density at radius 3 is 2.58 bits per heavy atom. The molecule has 2 aromatic rings. The minimum atomic E-state index is -0.259. The molecule has 2 aromatic carbocycles. The predicted molar refractivity (Wildman–Crippen MR) is 109 cm³/mol. The van der Waals surface area contributed by atoms with E-state index >= 15 is 0 Å². The van der Waals surface area contributed by atoms with Crippen LogP contribution in [0.2, 0.25) is 0 Å². The van der Waals surface area contributed by atoms with Gasteiger partial charge in [0.15, 0.2) is 4.32 Å². The zero-order valence-corrected chi connectivity index (χ0v) is 15.8. The average molecular weight is 384 g/mol. The van der Waals surface area contributed by atoms with Gasteiger partial charge in [-0.3, -0.25) is 4.79 Å². The monoisotopic (exact) mass is 384 g/mol. The van der Waals surface area contributed by atoms with Crippen LogP contribution in [-0.2, 0) is 4.79 Å². The van der Waals surface area contributed by atoms with E-state index in [0.717, 1.165) is 11.1 Å². The fraction of sp³-hybridized carbons (Fsp3) is 0.105. The molecular weight excluding hydrogens is 368 g/mol. The maximum absolute atomic E-state index is 12.6. The van der Waals surface area contributed by atoms with E-state index in [-0.39, 0.29) is 5.91 Å². The van der Waals surface area contributed by atoms with Crippen molar-refractivity contribution in [2.45, 2.75) is 0 Å². The molecule has 0 unspecified atom stereocenters. The van der Waals surface area contributed by atoms with Gasteiger partial charge < -0.3 is 9.47 Å². The highest BCUT2D eigenvalue weighted by Gasteiger charge is 2.32. The smallest absolute Gasteiger partial charge is 0.286 e. The normalized spacial score (nSPS) is 15.9. The topological polar surface area (TPSA) is 51.1 Å². The molecule has 0 saturated carbocycles. The van der Waals surface area contributed by atoms with Crippen molar-refractivity contribution in [3.8, 4) is 11.5 Å². The number of carbonyl (C=O) groups is 1. The van der Waals surface area contributed by atoms with Crippen LogP contribution in [0.1, 0.15) is 11.1 Å². The van der Waals surface area contributed by atoms with Crippen molar-refractivity contribution >= 4 is 46.5 Å². The van der Waals surface area contributed by atoms with Crippen molar-refractivity contribution in [3.05, 3.63) is 64.6 Å². The van der Waals surface area contributed by atoms with E-state index in [9.17, 15) is 4.79 Å². The Hall–Kier alpha value is -2.64. The van der Waals surface area contributed by atoms with Gasteiger partial charge >= 0.3 is 0 Å². The van der Waals surface area contributed by atoms with Gasteiger partial charge in [0.05, 0.1) is 25.3 Å². The van der Waals surface area contributed by atoms with Crippen LogP contribution in [-0.4, -0.2) is 35.7 Å². The molecule has 0 spiro atoms. The zero-order valence-electron chi connectivity index (χ0n) is 14.2. The van der Waals surface area contributed by atoms with E-state index in [2.05, 4.69) is 5.10 Å². The van der Waals surface area contributed by atoms with Gasteiger partial charge in [0.2, 0.25) is 0 Å². The lowest BCUT2D eigenvalue weighted by Gasteiger charge is -2.08. The maximum atomic E-state index is 12.6. The SMILES string of the molecule is COc1ccc(/C=C2/SC(=S)N(/N=C/c3ccccc3)C2=O)c(OC)c1. The summed E-state index contributed by atoms with van der Waals surface area (Å²) in [4.78, 5) is 13.1. The van der Waals surface area contributed by atoms with E-state index in [4.69, 9.17) is 21.7 Å². The second kappa shape index (κ2) is 8.16. The molecule has 1 aliphatic rings. The molecule has 1 heterocycles. The largest absolute Gasteiger partial charge is 0.497 e. The van der Waals surface area contributed by atoms with Gasteiger partial charge in [-0.05, 0) is 36.0 Å². The number of hydrogen-bond acceptors (Lipinski definition) is 6. The third-order valence-corrected chi connectivity index (χ3v) is 4.91. The number of hydrazone groups is 1. The fourth-order valence-corrected chi connectivity index (χ4v) is 3.47. The van der Waals surface area contributed by atoms with Crippen LogP contribution < -0.4 is 9.47 Å². The van der Waals surface area contributed by atoms with E-state index in [0.29, 0.717) is 20.7 Å². The lowest BCUT2D eigenvalue weighted by molar-refractivity contribution is -0.122. The lowest BCUT2D eigenvalue weighted by Crippen LogP contribution is -2.22. The summed E-state index contributed by atoms with van der Waals surface area (Å²) in [6, 6.07) is 14.9. The molecule has 0 atom stereocenters. The van der Waals surface area contributed by atoms with Gasteiger partial charge in [-0.2, -0.15) is 10.1 Å². The summed E-state index contributed by atoms with van der Waals surface area (Å²) in [6.07, 6.45) is 3.36. The highest BCUT2D eigenvalue weighted by Crippen LogP contribution is 2.35. The number of methoxy groups -OCH3 is 2. The molecule has 1 amide bonds. The van der Waals surface area contributed by atoms with Crippen LogP contribution in [0.4, 0.5) is 0 Å². The molecule has 0 radical (unpaired) electrons. The molecule has 3 rings (SSSR count). The van der Waals surface area contributed by atoms with E-state index in [1.54, 1.807) is 32.6 Å². The zero-order chi connectivity index (χ0) is 18.5. The molecular formula is C19H16N2O3S2. The highest BCUT2D eigenvalue weighted by molar-refractivity contribution is 8.26. The molecule has 0 aliphatic carbocycles. The molecule has 1 aliphatic heterocycles. The number of ether oxygens (including phenoxy) is 2. The highest BCUT2D eigenvalue weighted by atomic mass is 32.2. The summed E-state index contributed by atoms with van der Waals surface area (Å²) >= 11 is 6.50.